The highest BCUT2D eigenvalue weighted by atomic mass is 32.2. The van der Waals surface area contributed by atoms with Crippen molar-refractivity contribution in [1.82, 2.24) is 9.80 Å². The van der Waals surface area contributed by atoms with E-state index >= 15 is 0 Å². The molecular weight excluding hydrogens is 308 g/mol. The summed E-state index contributed by atoms with van der Waals surface area (Å²) in [5.41, 5.74) is 2.70. The monoisotopic (exact) mass is 338 g/mol. The van der Waals surface area contributed by atoms with Crippen LogP contribution in [-0.2, 0) is 4.74 Å². The molecule has 1 heterocycles. The third-order valence-electron chi connectivity index (χ3n) is 4.32. The number of likely N-dealkylation sites (N-methyl/N-ethyl adjacent to an activating group) is 1. The van der Waals surface area contributed by atoms with Gasteiger partial charge in [0.2, 0.25) is 0 Å². The lowest BCUT2D eigenvalue weighted by Gasteiger charge is -2.30. The quantitative estimate of drug-likeness (QED) is 0.734. The van der Waals surface area contributed by atoms with Crippen molar-refractivity contribution in [2.75, 3.05) is 58.7 Å². The van der Waals surface area contributed by atoms with Gasteiger partial charge in [0.15, 0.2) is 0 Å². The first-order valence-electron chi connectivity index (χ1n) is 8.41. The molecule has 23 heavy (non-hydrogen) atoms. The Morgan fingerprint density at radius 1 is 1.26 bits per heavy atom. The maximum atomic E-state index is 10.2. The van der Waals surface area contributed by atoms with E-state index in [4.69, 9.17) is 4.74 Å². The number of aliphatic hydroxyl groups excluding tert-OH is 1. The van der Waals surface area contributed by atoms with Crippen LogP contribution in [0.15, 0.2) is 23.1 Å². The number of hydrogen-bond donors (Lipinski definition) is 1. The van der Waals surface area contributed by atoms with E-state index in [1.165, 1.54) is 16.0 Å². The Bertz CT molecular complexity index is 478. The van der Waals surface area contributed by atoms with Gasteiger partial charge in [-0.1, -0.05) is 6.07 Å². The fourth-order valence-corrected chi connectivity index (χ4v) is 3.78. The van der Waals surface area contributed by atoms with E-state index in [0.717, 1.165) is 51.7 Å². The van der Waals surface area contributed by atoms with Gasteiger partial charge >= 0.3 is 0 Å². The smallest absolute Gasteiger partial charge is 0.0793 e. The van der Waals surface area contributed by atoms with E-state index < -0.39 is 0 Å². The highest BCUT2D eigenvalue weighted by molar-refractivity contribution is 7.99. The molecule has 0 saturated carbocycles. The standard InChI is InChI=1S/C18H30N2O2S/c1-15-4-5-18(12-16(15)2)23-11-8-19(3)13-17(21)14-20-6-9-22-10-7-20/h4-5,12,17,21H,6-11,13-14H2,1-3H3. The Hall–Kier alpha value is -0.590. The number of hydrogen-bond acceptors (Lipinski definition) is 5. The van der Waals surface area contributed by atoms with E-state index in [9.17, 15) is 5.11 Å². The molecule has 5 heteroatoms. The average Bonchev–Trinajstić information content (AvgIpc) is 2.51. The molecule has 0 aromatic heterocycles. The molecule has 130 valence electrons. The fourth-order valence-electron chi connectivity index (χ4n) is 2.71. The van der Waals surface area contributed by atoms with Gasteiger partial charge in [-0.15, -0.1) is 11.8 Å². The molecule has 1 aromatic rings. The zero-order chi connectivity index (χ0) is 16.7. The molecule has 0 spiro atoms. The number of morpholine rings is 1. The predicted octanol–water partition coefficient (Wildman–Crippen LogP) is 2.02. The molecule has 2 rings (SSSR count). The minimum atomic E-state index is -0.287. The van der Waals surface area contributed by atoms with Gasteiger partial charge < -0.3 is 14.7 Å². The minimum Gasteiger partial charge on any atom is -0.390 e. The van der Waals surface area contributed by atoms with Crippen molar-refractivity contribution in [1.29, 1.82) is 0 Å². The number of rotatable bonds is 8. The first kappa shape index (κ1) is 18.7. The van der Waals surface area contributed by atoms with E-state index in [0.29, 0.717) is 0 Å². The van der Waals surface area contributed by atoms with Crippen LogP contribution in [0.2, 0.25) is 0 Å². The van der Waals surface area contributed by atoms with Crippen molar-refractivity contribution in [2.45, 2.75) is 24.8 Å². The van der Waals surface area contributed by atoms with Crippen LogP contribution in [0.5, 0.6) is 0 Å². The van der Waals surface area contributed by atoms with Crippen molar-refractivity contribution >= 4 is 11.8 Å². The van der Waals surface area contributed by atoms with Gasteiger partial charge in [0.1, 0.15) is 0 Å². The van der Waals surface area contributed by atoms with Crippen LogP contribution in [0.1, 0.15) is 11.1 Å². The summed E-state index contributed by atoms with van der Waals surface area (Å²) < 4.78 is 5.34. The normalized spacial score (nSPS) is 17.6. The van der Waals surface area contributed by atoms with Crippen LogP contribution in [0.25, 0.3) is 0 Å². The highest BCUT2D eigenvalue weighted by Gasteiger charge is 2.16. The van der Waals surface area contributed by atoms with Crippen LogP contribution in [0, 0.1) is 13.8 Å². The van der Waals surface area contributed by atoms with Gasteiger partial charge in [-0.25, -0.2) is 0 Å². The SMILES string of the molecule is Cc1ccc(SCCN(C)CC(O)CN2CCOCC2)cc1C. The fraction of sp³-hybridized carbons (Fsp3) is 0.667. The van der Waals surface area contributed by atoms with Crippen molar-refractivity contribution < 1.29 is 9.84 Å². The number of thioether (sulfide) groups is 1. The molecule has 0 bridgehead atoms. The average molecular weight is 339 g/mol. The zero-order valence-corrected chi connectivity index (χ0v) is 15.4. The van der Waals surface area contributed by atoms with Crippen LogP contribution >= 0.6 is 11.8 Å². The number of nitrogens with zero attached hydrogens (tertiary/aromatic N) is 2. The van der Waals surface area contributed by atoms with E-state index in [2.05, 4.69) is 48.9 Å². The molecule has 1 N–H and O–H groups in total. The second-order valence-corrected chi connectivity index (χ2v) is 7.59. The van der Waals surface area contributed by atoms with Gasteiger partial charge in [0, 0.05) is 43.4 Å². The van der Waals surface area contributed by atoms with Gasteiger partial charge in [-0.3, -0.25) is 4.90 Å². The van der Waals surface area contributed by atoms with E-state index in [-0.39, 0.29) is 6.10 Å². The summed E-state index contributed by atoms with van der Waals surface area (Å²) in [6, 6.07) is 6.64. The van der Waals surface area contributed by atoms with Crippen LogP contribution in [-0.4, -0.2) is 79.7 Å². The number of aryl methyl sites for hydroxylation is 2. The Morgan fingerprint density at radius 3 is 2.70 bits per heavy atom. The van der Waals surface area contributed by atoms with Gasteiger partial charge in [0.05, 0.1) is 19.3 Å². The molecule has 1 aliphatic heterocycles. The Morgan fingerprint density at radius 2 is 2.00 bits per heavy atom. The van der Waals surface area contributed by atoms with Crippen molar-refractivity contribution in [2.24, 2.45) is 0 Å². The maximum absolute atomic E-state index is 10.2. The molecule has 0 amide bonds. The highest BCUT2D eigenvalue weighted by Crippen LogP contribution is 2.20. The van der Waals surface area contributed by atoms with Gasteiger partial charge in [0.25, 0.3) is 0 Å². The molecule has 0 radical (unpaired) electrons. The number of benzene rings is 1. The zero-order valence-electron chi connectivity index (χ0n) is 14.6. The second-order valence-electron chi connectivity index (χ2n) is 6.42. The molecule has 4 nitrogen and oxygen atoms in total. The first-order chi connectivity index (χ1) is 11.0. The van der Waals surface area contributed by atoms with Gasteiger partial charge in [-0.05, 0) is 44.2 Å². The predicted molar refractivity (Wildman–Crippen MR) is 97.4 cm³/mol. The minimum absolute atomic E-state index is 0.287. The molecule has 0 aliphatic carbocycles. The molecule has 1 unspecified atom stereocenters. The van der Waals surface area contributed by atoms with Crippen LogP contribution in [0.4, 0.5) is 0 Å². The van der Waals surface area contributed by atoms with Crippen LogP contribution < -0.4 is 0 Å². The molecule has 1 saturated heterocycles. The summed E-state index contributed by atoms with van der Waals surface area (Å²) in [5, 5.41) is 10.2. The lowest BCUT2D eigenvalue weighted by molar-refractivity contribution is 0.00907. The lowest BCUT2D eigenvalue weighted by atomic mass is 10.1. The van der Waals surface area contributed by atoms with E-state index in [1.54, 1.807) is 0 Å². The summed E-state index contributed by atoms with van der Waals surface area (Å²) in [7, 11) is 2.09. The molecular formula is C18H30N2O2S. The van der Waals surface area contributed by atoms with Crippen molar-refractivity contribution in [3.63, 3.8) is 0 Å². The first-order valence-corrected chi connectivity index (χ1v) is 9.40. The van der Waals surface area contributed by atoms with Crippen molar-refractivity contribution in [3.05, 3.63) is 29.3 Å². The number of β-amino-alcohol motifs (C(OH)–C–C–N with tert-alkyl or cyclic N) is 1. The summed E-state index contributed by atoms with van der Waals surface area (Å²) in [6.45, 7) is 10.2. The third kappa shape index (κ3) is 6.81. The number of ether oxygens (including phenoxy) is 1. The summed E-state index contributed by atoms with van der Waals surface area (Å²) >= 11 is 1.88. The summed E-state index contributed by atoms with van der Waals surface area (Å²) in [5.74, 6) is 1.04. The molecule has 1 atom stereocenters. The Labute approximate surface area is 144 Å². The summed E-state index contributed by atoms with van der Waals surface area (Å²) in [4.78, 5) is 5.83. The van der Waals surface area contributed by atoms with E-state index in [1.807, 2.05) is 11.8 Å². The maximum Gasteiger partial charge on any atom is 0.0793 e. The van der Waals surface area contributed by atoms with Gasteiger partial charge in [-0.2, -0.15) is 0 Å². The topological polar surface area (TPSA) is 35.9 Å². The Kier molecular flexibility index (Phi) is 7.86. The van der Waals surface area contributed by atoms with Crippen LogP contribution in [0.3, 0.4) is 0 Å². The second kappa shape index (κ2) is 9.64. The Balaban J connectivity index is 1.63. The molecule has 1 aliphatic rings. The summed E-state index contributed by atoms with van der Waals surface area (Å²) in [6.07, 6.45) is -0.287. The number of aliphatic hydroxyl groups is 1. The lowest BCUT2D eigenvalue weighted by Crippen LogP contribution is -2.44. The van der Waals surface area contributed by atoms with Crippen molar-refractivity contribution in [3.8, 4) is 0 Å². The largest absolute Gasteiger partial charge is 0.390 e. The third-order valence-corrected chi connectivity index (χ3v) is 5.29. The molecule has 1 aromatic carbocycles. The molecule has 1 fully saturated rings.